The van der Waals surface area contributed by atoms with E-state index in [-0.39, 0.29) is 5.75 Å². The smallest absolute Gasteiger partial charge is 0.149 e. The zero-order valence-corrected chi connectivity index (χ0v) is 34.9. The zero-order valence-electron chi connectivity index (χ0n) is 33.9. The minimum absolute atomic E-state index is 0.232. The number of hydrogen-bond donors (Lipinski definition) is 1. The van der Waals surface area contributed by atoms with Crippen LogP contribution < -0.4 is 5.19 Å². The van der Waals surface area contributed by atoms with Gasteiger partial charge in [0.15, 0.2) is 0 Å². The first-order chi connectivity index (χ1) is 27.4. The molecule has 6 aromatic carbocycles. The number of hydrogen-bond acceptors (Lipinski definition) is 4. The molecule has 0 unspecified atom stereocenters. The van der Waals surface area contributed by atoms with Crippen molar-refractivity contribution in [2.24, 2.45) is 11.8 Å². The third-order valence-corrected chi connectivity index (χ3v) is 13.1. The number of pyridine rings is 1. The van der Waals surface area contributed by atoms with E-state index in [9.17, 15) is 5.11 Å². The van der Waals surface area contributed by atoms with Crippen molar-refractivity contribution >= 4 is 57.0 Å². The summed E-state index contributed by atoms with van der Waals surface area (Å²) in [6, 6.07) is 42.9. The maximum Gasteiger partial charge on any atom is 0.149 e. The molecule has 5 nitrogen and oxygen atoms in total. The Kier molecular flexibility index (Phi) is 9.12. The van der Waals surface area contributed by atoms with Gasteiger partial charge in [-0.1, -0.05) is 114 Å². The Bertz CT molecular complexity index is 2960. The quantitative estimate of drug-likeness (QED) is 0.149. The fourth-order valence-electron chi connectivity index (χ4n) is 8.41. The van der Waals surface area contributed by atoms with E-state index in [4.69, 9.17) is 14.4 Å². The Morgan fingerprint density at radius 2 is 1.40 bits per heavy atom. The Balaban J connectivity index is 1.37. The first-order valence-corrected chi connectivity index (χ1v) is 23.7. The van der Waals surface area contributed by atoms with E-state index >= 15 is 0 Å². The average molecular weight is 764 g/mol. The van der Waals surface area contributed by atoms with Crippen LogP contribution >= 0.6 is 0 Å². The van der Waals surface area contributed by atoms with E-state index in [1.165, 1.54) is 10.8 Å². The van der Waals surface area contributed by atoms with Crippen LogP contribution in [0.25, 0.3) is 83.2 Å². The monoisotopic (exact) mass is 763 g/mol. The van der Waals surface area contributed by atoms with Crippen molar-refractivity contribution in [3.63, 3.8) is 0 Å². The average Bonchev–Trinajstić information content (AvgIpc) is 3.75. The first kappa shape index (κ1) is 36.6. The molecule has 6 heteroatoms. The van der Waals surface area contributed by atoms with Gasteiger partial charge < -0.3 is 9.52 Å². The van der Waals surface area contributed by atoms with Gasteiger partial charge in [-0.3, -0.25) is 9.55 Å². The molecule has 0 amide bonds. The minimum atomic E-state index is -1.56. The lowest BCUT2D eigenvalue weighted by atomic mass is 9.93. The van der Waals surface area contributed by atoms with Crippen LogP contribution in [-0.2, 0) is 12.8 Å². The lowest BCUT2D eigenvalue weighted by Gasteiger charge is -2.16. The normalized spacial score (nSPS) is 12.3. The Morgan fingerprint density at radius 3 is 2.14 bits per heavy atom. The van der Waals surface area contributed by atoms with Gasteiger partial charge in [0, 0.05) is 33.5 Å². The predicted octanol–water partition coefficient (Wildman–Crippen LogP) is 13.1. The summed E-state index contributed by atoms with van der Waals surface area (Å²) in [6.07, 6.45) is 3.85. The number of fused-ring (bicyclic) bond motifs is 5. The van der Waals surface area contributed by atoms with Gasteiger partial charge in [-0.25, -0.2) is 4.98 Å². The summed E-state index contributed by atoms with van der Waals surface area (Å²) >= 11 is 0. The van der Waals surface area contributed by atoms with Crippen LogP contribution in [0.15, 0.2) is 132 Å². The van der Waals surface area contributed by atoms with Gasteiger partial charge in [0.25, 0.3) is 0 Å². The van der Waals surface area contributed by atoms with Crippen LogP contribution in [0.2, 0.25) is 19.6 Å². The SMILES string of the molecule is CC(C)Cc1ccc(-c2nc3c(-c4cc(-c5ccc([Si](C)(C)C)cn5)c5oc6ccccc6c5c4)cc(CC(C)C)cc3n2-c2cccc3ccccc23)c(O)c1. The molecule has 284 valence electrons. The number of nitrogens with zero attached hydrogens (tertiary/aromatic N) is 3. The number of aromatic hydroxyl groups is 1. The summed E-state index contributed by atoms with van der Waals surface area (Å²) < 4.78 is 8.91. The molecule has 9 aromatic rings. The fraction of sp³-hybridized carbons (Fsp3) is 0.216. The van der Waals surface area contributed by atoms with Crippen molar-refractivity contribution in [2.45, 2.75) is 60.2 Å². The first-order valence-electron chi connectivity index (χ1n) is 20.2. The lowest BCUT2D eigenvalue weighted by molar-refractivity contribution is 0.475. The molecule has 0 fully saturated rings. The number of benzene rings is 6. The number of rotatable bonds is 9. The molecule has 3 heterocycles. The Morgan fingerprint density at radius 1 is 0.667 bits per heavy atom. The molecule has 1 N–H and O–H groups in total. The van der Waals surface area contributed by atoms with Crippen LogP contribution in [-0.4, -0.2) is 27.7 Å². The Labute approximate surface area is 335 Å². The van der Waals surface area contributed by atoms with Crippen molar-refractivity contribution in [2.75, 3.05) is 0 Å². The summed E-state index contributed by atoms with van der Waals surface area (Å²) in [7, 11) is -1.56. The second-order valence-corrected chi connectivity index (χ2v) is 22.6. The molecule has 0 spiro atoms. The summed E-state index contributed by atoms with van der Waals surface area (Å²) in [4.78, 5) is 10.6. The van der Waals surface area contributed by atoms with E-state index < -0.39 is 8.07 Å². The molecule has 9 rings (SSSR count). The molecule has 0 atom stereocenters. The lowest BCUT2D eigenvalue weighted by Crippen LogP contribution is -2.37. The van der Waals surface area contributed by atoms with Gasteiger partial charge in [-0.05, 0) is 107 Å². The maximum atomic E-state index is 11.8. The number of aromatic nitrogens is 3. The number of para-hydroxylation sites is 1. The van der Waals surface area contributed by atoms with Gasteiger partial charge in [-0.2, -0.15) is 0 Å². The molecule has 0 radical (unpaired) electrons. The highest BCUT2D eigenvalue weighted by Crippen LogP contribution is 2.44. The summed E-state index contributed by atoms with van der Waals surface area (Å²) in [6.45, 7) is 16.0. The summed E-state index contributed by atoms with van der Waals surface area (Å²) in [5.41, 5.74) is 11.5. The van der Waals surface area contributed by atoms with Gasteiger partial charge in [0.2, 0.25) is 0 Å². The van der Waals surface area contributed by atoms with Crippen molar-refractivity contribution in [3.8, 4) is 45.2 Å². The third kappa shape index (κ3) is 6.72. The van der Waals surface area contributed by atoms with Crippen LogP contribution in [0.3, 0.4) is 0 Å². The predicted molar refractivity (Wildman–Crippen MR) is 242 cm³/mol. The summed E-state index contributed by atoms with van der Waals surface area (Å²) in [5.74, 6) is 1.85. The van der Waals surface area contributed by atoms with E-state index in [2.05, 4.69) is 155 Å². The number of phenols is 1. The van der Waals surface area contributed by atoms with Crippen LogP contribution in [0.5, 0.6) is 5.75 Å². The molecule has 0 aliphatic heterocycles. The molecule has 0 saturated carbocycles. The van der Waals surface area contributed by atoms with Crippen molar-refractivity contribution in [1.82, 2.24) is 14.5 Å². The van der Waals surface area contributed by atoms with Gasteiger partial charge in [0.1, 0.15) is 22.7 Å². The van der Waals surface area contributed by atoms with E-state index in [0.29, 0.717) is 23.2 Å². The molecule has 0 bridgehead atoms. The fourth-order valence-corrected chi connectivity index (χ4v) is 9.44. The number of furan rings is 1. The highest BCUT2D eigenvalue weighted by atomic mass is 28.3. The van der Waals surface area contributed by atoms with Crippen molar-refractivity contribution < 1.29 is 9.52 Å². The molecule has 0 saturated heterocycles. The molecule has 57 heavy (non-hydrogen) atoms. The largest absolute Gasteiger partial charge is 0.507 e. The molecule has 0 aliphatic rings. The molecule has 0 aliphatic carbocycles. The third-order valence-electron chi connectivity index (χ3n) is 11.1. The molecular formula is C51H49N3O2Si. The van der Waals surface area contributed by atoms with Crippen LogP contribution in [0.1, 0.15) is 38.8 Å². The van der Waals surface area contributed by atoms with Crippen LogP contribution in [0, 0.1) is 11.8 Å². The zero-order chi connectivity index (χ0) is 39.6. The highest BCUT2D eigenvalue weighted by Gasteiger charge is 2.25. The second-order valence-electron chi connectivity index (χ2n) is 17.5. The standard InChI is InChI=1S/C51H49N3O2Si/c1-31(2)23-33-19-21-40(47(55)27-33)51-53-49-41(25-34(24-32(3)4)26-46(49)54(51)45-17-12-14-35-13-8-9-15-38(35)45)36-28-42-39-16-10-11-18-48(39)56-50(42)43(29-36)44-22-20-37(30-52-44)57(5,6)7/h8-22,25-32,55H,23-24H2,1-7H3. The minimum Gasteiger partial charge on any atom is -0.507 e. The second kappa shape index (κ2) is 14.2. The van der Waals surface area contributed by atoms with E-state index in [0.717, 1.165) is 90.2 Å². The Hall–Kier alpha value is -5.98. The summed E-state index contributed by atoms with van der Waals surface area (Å²) in [5, 5.41) is 17.5. The van der Waals surface area contributed by atoms with Crippen molar-refractivity contribution in [1.29, 1.82) is 0 Å². The van der Waals surface area contributed by atoms with Crippen molar-refractivity contribution in [3.05, 3.63) is 139 Å². The number of phenolic OH excluding ortho intramolecular Hbond substituents is 1. The molecule has 3 aromatic heterocycles. The maximum absolute atomic E-state index is 11.8. The van der Waals surface area contributed by atoms with Gasteiger partial charge in [0.05, 0.1) is 36.1 Å². The molecular weight excluding hydrogens is 715 g/mol. The highest BCUT2D eigenvalue weighted by molar-refractivity contribution is 6.88. The van der Waals surface area contributed by atoms with Gasteiger partial charge >= 0.3 is 0 Å². The van der Waals surface area contributed by atoms with E-state index in [1.54, 1.807) is 0 Å². The van der Waals surface area contributed by atoms with E-state index in [1.807, 2.05) is 24.3 Å². The topological polar surface area (TPSA) is 64.1 Å². The number of imidazole rings is 1. The van der Waals surface area contributed by atoms with Gasteiger partial charge in [-0.15, -0.1) is 0 Å². The van der Waals surface area contributed by atoms with Crippen LogP contribution in [0.4, 0.5) is 0 Å².